The number of carbonyl (C=O) groups is 2. The molecule has 1 heterocycles. The molecule has 1 atom stereocenters. The second-order valence-electron chi connectivity index (χ2n) is 6.31. The van der Waals surface area contributed by atoms with Crippen LogP contribution in [0.25, 0.3) is 0 Å². The molecular weight excluding hydrogens is 359 g/mol. The van der Waals surface area contributed by atoms with E-state index in [1.54, 1.807) is 23.1 Å². The van der Waals surface area contributed by atoms with Gasteiger partial charge in [0.2, 0.25) is 11.8 Å². The summed E-state index contributed by atoms with van der Waals surface area (Å²) in [5, 5.41) is 3.83. The van der Waals surface area contributed by atoms with Crippen LogP contribution in [-0.4, -0.2) is 18.4 Å². The molecule has 1 N–H and O–H groups in total. The molecule has 4 nitrogen and oxygen atoms in total. The van der Waals surface area contributed by atoms with Gasteiger partial charge in [0.1, 0.15) is 0 Å². The largest absolute Gasteiger partial charge is 0.326 e. The maximum atomic E-state index is 12.6. The summed E-state index contributed by atoms with van der Waals surface area (Å²) in [5.41, 5.74) is 3.48. The number of rotatable bonds is 3. The fourth-order valence-electron chi connectivity index (χ4n) is 3.00. The van der Waals surface area contributed by atoms with Gasteiger partial charge >= 0.3 is 0 Å². The zero-order valence-electron chi connectivity index (χ0n) is 14.0. The number of aryl methyl sites for hydroxylation is 2. The Balaban J connectivity index is 1.74. The smallest absolute Gasteiger partial charge is 0.229 e. The first-order chi connectivity index (χ1) is 11.8. The van der Waals surface area contributed by atoms with E-state index in [2.05, 4.69) is 5.32 Å². The van der Waals surface area contributed by atoms with E-state index in [9.17, 15) is 9.59 Å². The van der Waals surface area contributed by atoms with Gasteiger partial charge in [-0.25, -0.2) is 0 Å². The number of benzene rings is 2. The normalized spacial score (nSPS) is 17.0. The zero-order valence-corrected chi connectivity index (χ0v) is 15.5. The number of nitrogens with one attached hydrogen (secondary N) is 1. The molecule has 1 unspecified atom stereocenters. The minimum absolute atomic E-state index is 0.120. The summed E-state index contributed by atoms with van der Waals surface area (Å²) in [6.45, 7) is 4.25. The van der Waals surface area contributed by atoms with Crippen LogP contribution in [0.2, 0.25) is 10.0 Å². The second-order valence-corrected chi connectivity index (χ2v) is 7.15. The van der Waals surface area contributed by atoms with E-state index >= 15 is 0 Å². The Morgan fingerprint density at radius 3 is 2.60 bits per heavy atom. The Morgan fingerprint density at radius 2 is 1.92 bits per heavy atom. The van der Waals surface area contributed by atoms with Crippen LogP contribution < -0.4 is 10.2 Å². The molecule has 0 aliphatic carbocycles. The summed E-state index contributed by atoms with van der Waals surface area (Å²) in [4.78, 5) is 26.5. The van der Waals surface area contributed by atoms with Crippen molar-refractivity contribution in [2.45, 2.75) is 20.3 Å². The van der Waals surface area contributed by atoms with E-state index in [-0.39, 0.29) is 18.2 Å². The third-order valence-corrected chi connectivity index (χ3v) is 4.87. The molecule has 0 bridgehead atoms. The monoisotopic (exact) mass is 376 g/mol. The summed E-state index contributed by atoms with van der Waals surface area (Å²) in [6, 6.07) is 10.8. The summed E-state index contributed by atoms with van der Waals surface area (Å²) in [7, 11) is 0. The lowest BCUT2D eigenvalue weighted by Crippen LogP contribution is -2.28. The van der Waals surface area contributed by atoms with Crippen molar-refractivity contribution in [2.24, 2.45) is 5.92 Å². The minimum atomic E-state index is -0.417. The van der Waals surface area contributed by atoms with Gasteiger partial charge in [-0.3, -0.25) is 9.59 Å². The lowest BCUT2D eigenvalue weighted by Gasteiger charge is -2.18. The number of hydrogen-bond acceptors (Lipinski definition) is 2. The van der Waals surface area contributed by atoms with Crippen LogP contribution in [-0.2, 0) is 9.59 Å². The summed E-state index contributed by atoms with van der Waals surface area (Å²) in [5.74, 6) is -0.696. The highest BCUT2D eigenvalue weighted by atomic mass is 35.5. The summed E-state index contributed by atoms with van der Waals surface area (Å²) < 4.78 is 0. The van der Waals surface area contributed by atoms with Gasteiger partial charge in [-0.2, -0.15) is 0 Å². The molecule has 1 aliphatic heterocycles. The van der Waals surface area contributed by atoms with Crippen LogP contribution in [0, 0.1) is 19.8 Å². The third-order valence-electron chi connectivity index (χ3n) is 4.34. The molecule has 6 heteroatoms. The number of amides is 2. The van der Waals surface area contributed by atoms with E-state index in [0.29, 0.717) is 22.3 Å². The number of anilines is 2. The Bertz CT molecular complexity index is 851. The van der Waals surface area contributed by atoms with Gasteiger partial charge in [-0.15, -0.1) is 0 Å². The lowest BCUT2D eigenvalue weighted by molar-refractivity contribution is -0.122. The maximum Gasteiger partial charge on any atom is 0.229 e. The zero-order chi connectivity index (χ0) is 18.1. The topological polar surface area (TPSA) is 49.4 Å². The number of carbonyl (C=O) groups excluding carboxylic acids is 2. The van der Waals surface area contributed by atoms with Crippen LogP contribution >= 0.6 is 23.2 Å². The molecule has 0 saturated carbocycles. The molecule has 1 aliphatic rings. The summed E-state index contributed by atoms with van der Waals surface area (Å²) >= 11 is 12.1. The molecule has 25 heavy (non-hydrogen) atoms. The number of hydrogen-bond donors (Lipinski definition) is 1. The maximum absolute atomic E-state index is 12.6. The van der Waals surface area contributed by atoms with Crippen molar-refractivity contribution in [2.75, 3.05) is 16.8 Å². The van der Waals surface area contributed by atoms with Crippen molar-refractivity contribution in [3.05, 3.63) is 57.6 Å². The van der Waals surface area contributed by atoms with Gasteiger partial charge in [0, 0.05) is 23.7 Å². The van der Waals surface area contributed by atoms with Gasteiger partial charge < -0.3 is 10.2 Å². The van der Waals surface area contributed by atoms with Crippen LogP contribution in [0.5, 0.6) is 0 Å². The van der Waals surface area contributed by atoms with Crippen LogP contribution in [0.15, 0.2) is 36.4 Å². The van der Waals surface area contributed by atoms with Gasteiger partial charge in [0.15, 0.2) is 0 Å². The molecule has 0 radical (unpaired) electrons. The van der Waals surface area contributed by atoms with Gasteiger partial charge in [0.05, 0.1) is 16.6 Å². The number of halogens is 2. The number of nitrogens with zero attached hydrogens (tertiary/aromatic N) is 1. The standard InChI is InChI=1S/C19H18Cl2N2O2/c1-11-3-5-16(12(2)7-11)22-19(25)13-8-18(24)23(10-13)17-6-4-14(20)9-15(17)21/h3-7,9,13H,8,10H2,1-2H3,(H,22,25). The highest BCUT2D eigenvalue weighted by Crippen LogP contribution is 2.33. The van der Waals surface area contributed by atoms with E-state index in [1.807, 2.05) is 32.0 Å². The molecule has 130 valence electrons. The van der Waals surface area contributed by atoms with Crippen molar-refractivity contribution in [3.8, 4) is 0 Å². The van der Waals surface area contributed by atoms with Crippen molar-refractivity contribution >= 4 is 46.4 Å². The van der Waals surface area contributed by atoms with E-state index < -0.39 is 5.92 Å². The predicted molar refractivity (Wildman–Crippen MR) is 101 cm³/mol. The summed E-state index contributed by atoms with van der Waals surface area (Å²) in [6.07, 6.45) is 0.162. The fourth-order valence-corrected chi connectivity index (χ4v) is 3.52. The SMILES string of the molecule is Cc1ccc(NC(=O)C2CC(=O)N(c3ccc(Cl)cc3Cl)C2)c(C)c1. The molecule has 1 fully saturated rings. The molecule has 0 aromatic heterocycles. The van der Waals surface area contributed by atoms with Crippen molar-refractivity contribution in [1.82, 2.24) is 0 Å². The molecule has 1 saturated heterocycles. The van der Waals surface area contributed by atoms with Gasteiger partial charge in [-0.1, -0.05) is 40.9 Å². The molecule has 3 rings (SSSR count). The Labute approximate surface area is 156 Å². The van der Waals surface area contributed by atoms with Crippen LogP contribution in [0.4, 0.5) is 11.4 Å². The molecule has 2 aromatic carbocycles. The first kappa shape index (κ1) is 17.8. The predicted octanol–water partition coefficient (Wildman–Crippen LogP) is 4.60. The van der Waals surface area contributed by atoms with Crippen molar-refractivity contribution in [1.29, 1.82) is 0 Å². The van der Waals surface area contributed by atoms with Gasteiger partial charge in [-0.05, 0) is 43.7 Å². The average molecular weight is 377 g/mol. The van der Waals surface area contributed by atoms with E-state index in [4.69, 9.17) is 23.2 Å². The second kappa shape index (κ2) is 7.06. The Kier molecular flexibility index (Phi) is 5.02. The minimum Gasteiger partial charge on any atom is -0.326 e. The molecular formula is C19H18Cl2N2O2. The van der Waals surface area contributed by atoms with E-state index in [1.165, 1.54) is 0 Å². The Morgan fingerprint density at radius 1 is 1.16 bits per heavy atom. The van der Waals surface area contributed by atoms with Crippen molar-refractivity contribution < 1.29 is 9.59 Å². The first-order valence-corrected chi connectivity index (χ1v) is 8.74. The van der Waals surface area contributed by atoms with Gasteiger partial charge in [0.25, 0.3) is 0 Å². The quantitative estimate of drug-likeness (QED) is 0.850. The average Bonchev–Trinajstić information content (AvgIpc) is 2.92. The Hall–Kier alpha value is -2.04. The first-order valence-electron chi connectivity index (χ1n) is 7.98. The van der Waals surface area contributed by atoms with Crippen LogP contribution in [0.3, 0.4) is 0 Å². The highest BCUT2D eigenvalue weighted by Gasteiger charge is 2.36. The third kappa shape index (κ3) is 3.80. The van der Waals surface area contributed by atoms with E-state index in [0.717, 1.165) is 16.8 Å². The molecule has 2 aromatic rings. The molecule has 2 amide bonds. The molecule has 0 spiro atoms. The fraction of sp³-hybridized carbons (Fsp3) is 0.263. The lowest BCUT2D eigenvalue weighted by atomic mass is 10.1. The highest BCUT2D eigenvalue weighted by molar-refractivity contribution is 6.36. The van der Waals surface area contributed by atoms with Crippen LogP contribution in [0.1, 0.15) is 17.5 Å². The van der Waals surface area contributed by atoms with Crippen molar-refractivity contribution in [3.63, 3.8) is 0 Å².